The number of hydrogen-bond acceptors (Lipinski definition) is 3. The van der Waals surface area contributed by atoms with E-state index < -0.39 is 0 Å². The molecule has 0 atom stereocenters. The number of benzene rings is 1. The van der Waals surface area contributed by atoms with Crippen LogP contribution in [0.2, 0.25) is 0 Å². The monoisotopic (exact) mass is 253 g/mol. The van der Waals surface area contributed by atoms with E-state index in [1.54, 1.807) is 7.11 Å². The summed E-state index contributed by atoms with van der Waals surface area (Å²) in [6.45, 7) is 2.11. The number of rotatable bonds is 3. The summed E-state index contributed by atoms with van der Waals surface area (Å²) in [6, 6.07) is 12.1. The van der Waals surface area contributed by atoms with E-state index in [0.717, 1.165) is 23.6 Å². The minimum atomic E-state index is 0.765. The maximum absolute atomic E-state index is 5.24. The normalized spacial score (nSPS) is 10.8. The van der Waals surface area contributed by atoms with Gasteiger partial charge in [0.2, 0.25) is 0 Å². The van der Waals surface area contributed by atoms with Gasteiger partial charge in [-0.1, -0.05) is 24.3 Å². The Balaban J connectivity index is 2.03. The molecule has 3 aromatic rings. The van der Waals surface area contributed by atoms with Crippen LogP contribution in [-0.4, -0.2) is 21.7 Å². The first kappa shape index (κ1) is 11.7. The van der Waals surface area contributed by atoms with E-state index in [-0.39, 0.29) is 0 Å². The molecule has 0 saturated carbocycles. The molecular weight excluding hydrogens is 238 g/mol. The Bertz CT molecular complexity index is 718. The van der Waals surface area contributed by atoms with Crippen LogP contribution in [0.5, 0.6) is 5.75 Å². The molecule has 0 spiro atoms. The van der Waals surface area contributed by atoms with Gasteiger partial charge in [0, 0.05) is 6.42 Å². The minimum Gasteiger partial charge on any atom is -0.495 e. The zero-order valence-electron chi connectivity index (χ0n) is 11.0. The molecule has 19 heavy (non-hydrogen) atoms. The minimum absolute atomic E-state index is 0.765. The lowest BCUT2D eigenvalue weighted by molar-refractivity contribution is 0.412. The molecule has 0 N–H and O–H groups in total. The van der Waals surface area contributed by atoms with Gasteiger partial charge in [0.15, 0.2) is 5.65 Å². The molecule has 1 aromatic carbocycles. The van der Waals surface area contributed by atoms with Gasteiger partial charge >= 0.3 is 0 Å². The molecule has 0 fully saturated rings. The molecule has 2 aromatic heterocycles. The summed E-state index contributed by atoms with van der Waals surface area (Å²) in [5, 5.41) is 8.44. The van der Waals surface area contributed by atoms with E-state index in [2.05, 4.69) is 29.3 Å². The molecular formula is C15H15N3O. The van der Waals surface area contributed by atoms with Crippen molar-refractivity contribution in [3.8, 4) is 5.75 Å². The molecule has 0 aliphatic rings. The fraction of sp³-hybridized carbons (Fsp3) is 0.200. The van der Waals surface area contributed by atoms with Crippen molar-refractivity contribution in [2.45, 2.75) is 13.3 Å². The molecule has 0 aliphatic heterocycles. The molecule has 3 rings (SSSR count). The average molecular weight is 253 g/mol. The number of methoxy groups -OCH3 is 1. The second kappa shape index (κ2) is 4.72. The molecule has 4 heteroatoms. The van der Waals surface area contributed by atoms with Crippen molar-refractivity contribution in [2.75, 3.05) is 7.11 Å². The third-order valence-electron chi connectivity index (χ3n) is 3.29. The lowest BCUT2D eigenvalue weighted by atomic mass is 10.1. The second-order valence-electron chi connectivity index (χ2n) is 4.52. The van der Waals surface area contributed by atoms with Gasteiger partial charge in [-0.3, -0.25) is 4.40 Å². The number of aryl methyl sites for hydroxylation is 1. The highest BCUT2D eigenvalue weighted by atomic mass is 16.5. The zero-order valence-corrected chi connectivity index (χ0v) is 11.0. The SMILES string of the molecule is COc1ccc2nnc(Cc3ccccc3C)n2c1. The van der Waals surface area contributed by atoms with Crippen LogP contribution in [0.1, 0.15) is 17.0 Å². The van der Waals surface area contributed by atoms with Crippen LogP contribution in [0.25, 0.3) is 5.65 Å². The van der Waals surface area contributed by atoms with Crippen molar-refractivity contribution in [3.63, 3.8) is 0 Å². The van der Waals surface area contributed by atoms with Gasteiger partial charge in [0.05, 0.1) is 13.3 Å². The van der Waals surface area contributed by atoms with E-state index >= 15 is 0 Å². The van der Waals surface area contributed by atoms with E-state index in [1.807, 2.05) is 34.9 Å². The van der Waals surface area contributed by atoms with E-state index in [9.17, 15) is 0 Å². The Morgan fingerprint density at radius 3 is 2.74 bits per heavy atom. The topological polar surface area (TPSA) is 39.4 Å². The van der Waals surface area contributed by atoms with Crippen LogP contribution in [0.3, 0.4) is 0 Å². The second-order valence-corrected chi connectivity index (χ2v) is 4.52. The average Bonchev–Trinajstić information content (AvgIpc) is 2.84. The fourth-order valence-electron chi connectivity index (χ4n) is 2.14. The molecule has 0 amide bonds. The number of fused-ring (bicyclic) bond motifs is 1. The van der Waals surface area contributed by atoms with Crippen molar-refractivity contribution in [1.82, 2.24) is 14.6 Å². The maximum Gasteiger partial charge on any atom is 0.161 e. The van der Waals surface area contributed by atoms with Crippen LogP contribution >= 0.6 is 0 Å². The number of aromatic nitrogens is 3. The fourth-order valence-corrected chi connectivity index (χ4v) is 2.14. The van der Waals surface area contributed by atoms with E-state index in [0.29, 0.717) is 0 Å². The Kier molecular flexibility index (Phi) is 2.91. The van der Waals surface area contributed by atoms with E-state index in [4.69, 9.17) is 4.74 Å². The third-order valence-corrected chi connectivity index (χ3v) is 3.29. The van der Waals surface area contributed by atoms with Crippen LogP contribution < -0.4 is 4.74 Å². The largest absolute Gasteiger partial charge is 0.495 e. The summed E-state index contributed by atoms with van der Waals surface area (Å²) in [4.78, 5) is 0. The lowest BCUT2D eigenvalue weighted by Gasteiger charge is -2.05. The van der Waals surface area contributed by atoms with Gasteiger partial charge < -0.3 is 4.74 Å². The third kappa shape index (κ3) is 2.17. The quantitative estimate of drug-likeness (QED) is 0.720. The Morgan fingerprint density at radius 1 is 1.11 bits per heavy atom. The molecule has 0 unspecified atom stereocenters. The number of hydrogen-bond donors (Lipinski definition) is 0. The summed E-state index contributed by atoms with van der Waals surface area (Å²) >= 11 is 0. The number of nitrogens with zero attached hydrogens (tertiary/aromatic N) is 3. The van der Waals surface area contributed by atoms with Crippen LogP contribution in [0, 0.1) is 6.92 Å². The molecule has 2 heterocycles. The molecule has 96 valence electrons. The van der Waals surface area contributed by atoms with Crippen LogP contribution in [-0.2, 0) is 6.42 Å². The van der Waals surface area contributed by atoms with Crippen LogP contribution in [0.15, 0.2) is 42.6 Å². The smallest absolute Gasteiger partial charge is 0.161 e. The van der Waals surface area contributed by atoms with Crippen molar-refractivity contribution in [1.29, 1.82) is 0 Å². The molecule has 0 radical (unpaired) electrons. The van der Waals surface area contributed by atoms with Gasteiger partial charge in [0.25, 0.3) is 0 Å². The Hall–Kier alpha value is -2.36. The predicted molar refractivity (Wildman–Crippen MR) is 73.5 cm³/mol. The van der Waals surface area contributed by atoms with Gasteiger partial charge in [-0.2, -0.15) is 0 Å². The highest BCUT2D eigenvalue weighted by molar-refractivity contribution is 5.42. The standard InChI is InChI=1S/C15H15N3O/c1-11-5-3-4-6-12(11)9-15-17-16-14-8-7-13(19-2)10-18(14)15/h3-8,10H,9H2,1-2H3. The Morgan fingerprint density at radius 2 is 1.95 bits per heavy atom. The lowest BCUT2D eigenvalue weighted by Crippen LogP contribution is -1.98. The van der Waals surface area contributed by atoms with Crippen molar-refractivity contribution in [2.24, 2.45) is 0 Å². The summed E-state index contributed by atoms with van der Waals surface area (Å²) < 4.78 is 7.22. The highest BCUT2D eigenvalue weighted by Gasteiger charge is 2.08. The molecule has 0 aliphatic carbocycles. The van der Waals surface area contributed by atoms with Crippen molar-refractivity contribution < 1.29 is 4.74 Å². The van der Waals surface area contributed by atoms with E-state index in [1.165, 1.54) is 11.1 Å². The first-order valence-corrected chi connectivity index (χ1v) is 6.20. The summed E-state index contributed by atoms with van der Waals surface area (Å²) in [7, 11) is 1.66. The van der Waals surface area contributed by atoms with Gasteiger partial charge in [-0.05, 0) is 30.2 Å². The Labute approximate surface area is 111 Å². The zero-order chi connectivity index (χ0) is 13.2. The predicted octanol–water partition coefficient (Wildman–Crippen LogP) is 2.64. The van der Waals surface area contributed by atoms with Gasteiger partial charge in [-0.25, -0.2) is 0 Å². The first-order valence-electron chi connectivity index (χ1n) is 6.20. The molecule has 0 bridgehead atoms. The first-order chi connectivity index (χ1) is 9.28. The van der Waals surface area contributed by atoms with Gasteiger partial charge in [0.1, 0.15) is 11.6 Å². The van der Waals surface area contributed by atoms with Crippen molar-refractivity contribution >= 4 is 5.65 Å². The molecule has 4 nitrogen and oxygen atoms in total. The number of pyridine rings is 1. The van der Waals surface area contributed by atoms with Crippen molar-refractivity contribution in [3.05, 3.63) is 59.5 Å². The highest BCUT2D eigenvalue weighted by Crippen LogP contribution is 2.16. The number of ether oxygens (including phenoxy) is 1. The van der Waals surface area contributed by atoms with Gasteiger partial charge in [-0.15, -0.1) is 10.2 Å². The molecule has 0 saturated heterocycles. The summed E-state index contributed by atoms with van der Waals surface area (Å²) in [5.74, 6) is 1.72. The summed E-state index contributed by atoms with van der Waals surface area (Å²) in [5.41, 5.74) is 3.37. The van der Waals surface area contributed by atoms with Crippen LogP contribution in [0.4, 0.5) is 0 Å². The summed E-state index contributed by atoms with van der Waals surface area (Å²) in [6.07, 6.45) is 2.68. The maximum atomic E-state index is 5.24.